The largest absolute Gasteiger partial charge is 0.443 e. The summed E-state index contributed by atoms with van der Waals surface area (Å²) in [5, 5.41) is 17.7. The number of halogens is 1. The third-order valence-corrected chi connectivity index (χ3v) is 2.85. The van der Waals surface area contributed by atoms with Crippen LogP contribution in [0.2, 0.25) is 0 Å². The second kappa shape index (κ2) is 10.8. The minimum Gasteiger partial charge on any atom is -0.443 e. The lowest BCUT2D eigenvalue weighted by atomic mass is 10.1. The van der Waals surface area contributed by atoms with Crippen molar-refractivity contribution in [1.82, 2.24) is 0 Å². The summed E-state index contributed by atoms with van der Waals surface area (Å²) in [5.74, 6) is -0.423. The molecule has 0 heterocycles. The van der Waals surface area contributed by atoms with Gasteiger partial charge in [0.1, 0.15) is 6.10 Å². The summed E-state index contributed by atoms with van der Waals surface area (Å²) in [4.78, 5) is 11.3. The van der Waals surface area contributed by atoms with Crippen molar-refractivity contribution >= 4 is 17.6 Å². The van der Waals surface area contributed by atoms with Crippen molar-refractivity contribution in [3.05, 3.63) is 0 Å². The number of esters is 1. The van der Waals surface area contributed by atoms with Crippen molar-refractivity contribution in [1.29, 1.82) is 0 Å². The van der Waals surface area contributed by atoms with Gasteiger partial charge in [-0.05, 0) is 6.42 Å². The number of carbonyl (C=O) groups excluding carboxylic acids is 1. The molecular formula is C12H23ClO4. The first-order valence-corrected chi connectivity index (χ1v) is 6.68. The number of ether oxygens (including phenoxy) is 1. The quantitative estimate of drug-likeness (QED) is 0.361. The van der Waals surface area contributed by atoms with Gasteiger partial charge in [0.15, 0.2) is 0 Å². The summed E-state index contributed by atoms with van der Waals surface area (Å²) in [6, 6.07) is 0. The van der Waals surface area contributed by atoms with Crippen LogP contribution in [0.15, 0.2) is 0 Å². The number of aliphatic hydroxyl groups is 2. The molecule has 0 aromatic carbocycles. The van der Waals surface area contributed by atoms with Crippen LogP contribution in [-0.2, 0) is 9.53 Å². The number of rotatable bonds is 10. The zero-order chi connectivity index (χ0) is 13.1. The molecule has 0 aliphatic carbocycles. The van der Waals surface area contributed by atoms with Gasteiger partial charge in [-0.1, -0.05) is 50.6 Å². The molecule has 0 saturated heterocycles. The molecule has 5 heteroatoms. The molecule has 0 amide bonds. The fourth-order valence-corrected chi connectivity index (χ4v) is 1.57. The monoisotopic (exact) mass is 266 g/mol. The molecule has 0 aromatic rings. The van der Waals surface area contributed by atoms with E-state index in [0.29, 0.717) is 6.42 Å². The van der Waals surface area contributed by atoms with Crippen LogP contribution in [0.3, 0.4) is 0 Å². The molecule has 0 bridgehead atoms. The highest BCUT2D eigenvalue weighted by molar-refractivity contribution is 6.20. The molecule has 0 radical (unpaired) electrons. The molecule has 102 valence electrons. The standard InChI is InChI=1S/C12H23ClO4/c1-2-3-4-5-6-7-8-11(16)17-12(13)10(15)9-14/h10,12,14-15H,2-9H2,1H3/t10-,12+/m0/s1. The summed E-state index contributed by atoms with van der Waals surface area (Å²) in [6.45, 7) is 1.64. The molecule has 17 heavy (non-hydrogen) atoms. The average molecular weight is 267 g/mol. The summed E-state index contributed by atoms with van der Waals surface area (Å²) in [5.41, 5.74) is -1.16. The summed E-state index contributed by atoms with van der Waals surface area (Å²) < 4.78 is 4.75. The lowest BCUT2D eigenvalue weighted by Gasteiger charge is -2.15. The summed E-state index contributed by atoms with van der Waals surface area (Å²) >= 11 is 5.55. The summed E-state index contributed by atoms with van der Waals surface area (Å²) in [7, 11) is 0. The van der Waals surface area contributed by atoms with Gasteiger partial charge >= 0.3 is 5.97 Å². The molecule has 0 aromatic heterocycles. The third-order valence-electron chi connectivity index (χ3n) is 2.47. The first kappa shape index (κ1) is 16.7. The van der Waals surface area contributed by atoms with Crippen molar-refractivity contribution < 1.29 is 19.7 Å². The van der Waals surface area contributed by atoms with Crippen LogP contribution < -0.4 is 0 Å². The molecule has 0 aliphatic heterocycles. The Kier molecular flexibility index (Phi) is 10.6. The van der Waals surface area contributed by atoms with Crippen LogP contribution in [0.5, 0.6) is 0 Å². The number of alkyl halides is 1. The Morgan fingerprint density at radius 2 is 1.82 bits per heavy atom. The van der Waals surface area contributed by atoms with Gasteiger partial charge in [0.25, 0.3) is 0 Å². The third kappa shape index (κ3) is 9.39. The first-order valence-electron chi connectivity index (χ1n) is 6.24. The lowest BCUT2D eigenvalue weighted by Crippen LogP contribution is -2.29. The fraction of sp³-hybridized carbons (Fsp3) is 0.917. The van der Waals surface area contributed by atoms with E-state index in [0.717, 1.165) is 19.3 Å². The minimum absolute atomic E-state index is 0.313. The Balaban J connectivity index is 3.46. The SMILES string of the molecule is CCCCCCCCC(=O)O[C@@H](Cl)[C@@H](O)CO. The molecule has 0 fully saturated rings. The normalized spacial score (nSPS) is 14.4. The summed E-state index contributed by atoms with van der Waals surface area (Å²) in [6.07, 6.45) is 5.65. The van der Waals surface area contributed by atoms with Crippen LogP contribution >= 0.6 is 11.6 Å². The molecule has 0 rings (SSSR count). The van der Waals surface area contributed by atoms with Gasteiger partial charge in [-0.2, -0.15) is 0 Å². The van der Waals surface area contributed by atoms with Crippen LogP contribution in [0, 0.1) is 0 Å². The van der Waals surface area contributed by atoms with Crippen molar-refractivity contribution in [2.45, 2.75) is 63.5 Å². The van der Waals surface area contributed by atoms with Crippen LogP contribution in [0.4, 0.5) is 0 Å². The molecule has 0 spiro atoms. The highest BCUT2D eigenvalue weighted by atomic mass is 35.5. The van der Waals surface area contributed by atoms with Gasteiger partial charge in [0.05, 0.1) is 6.61 Å². The number of aliphatic hydroxyl groups excluding tert-OH is 2. The lowest BCUT2D eigenvalue weighted by molar-refractivity contribution is -0.150. The van der Waals surface area contributed by atoms with E-state index >= 15 is 0 Å². The zero-order valence-corrected chi connectivity index (χ0v) is 11.2. The topological polar surface area (TPSA) is 66.8 Å². The Labute approximate surface area is 108 Å². The number of unbranched alkanes of at least 4 members (excludes halogenated alkanes) is 5. The number of hydrogen-bond acceptors (Lipinski definition) is 4. The highest BCUT2D eigenvalue weighted by Gasteiger charge is 2.19. The first-order chi connectivity index (χ1) is 8.11. The fourth-order valence-electron chi connectivity index (χ4n) is 1.40. The van der Waals surface area contributed by atoms with Crippen LogP contribution in [0.1, 0.15) is 51.9 Å². The van der Waals surface area contributed by atoms with E-state index in [9.17, 15) is 4.79 Å². The van der Waals surface area contributed by atoms with Gasteiger partial charge < -0.3 is 14.9 Å². The predicted molar refractivity (Wildman–Crippen MR) is 66.8 cm³/mol. The molecule has 0 aliphatic rings. The van der Waals surface area contributed by atoms with E-state index in [4.69, 9.17) is 26.6 Å². The Bertz CT molecular complexity index is 199. The van der Waals surface area contributed by atoms with Crippen molar-refractivity contribution in [2.24, 2.45) is 0 Å². The van der Waals surface area contributed by atoms with E-state index in [-0.39, 0.29) is 0 Å². The maximum atomic E-state index is 11.3. The van der Waals surface area contributed by atoms with E-state index in [1.165, 1.54) is 19.3 Å². The van der Waals surface area contributed by atoms with E-state index in [1.54, 1.807) is 0 Å². The molecule has 2 atom stereocenters. The van der Waals surface area contributed by atoms with E-state index in [2.05, 4.69) is 6.92 Å². The predicted octanol–water partition coefficient (Wildman–Crippen LogP) is 2.20. The molecular weight excluding hydrogens is 244 g/mol. The van der Waals surface area contributed by atoms with Crippen molar-refractivity contribution in [3.8, 4) is 0 Å². The second-order valence-electron chi connectivity index (χ2n) is 4.11. The highest BCUT2D eigenvalue weighted by Crippen LogP contribution is 2.10. The Morgan fingerprint density at radius 3 is 2.41 bits per heavy atom. The van der Waals surface area contributed by atoms with Gasteiger partial charge in [0.2, 0.25) is 5.56 Å². The second-order valence-corrected chi connectivity index (χ2v) is 4.54. The van der Waals surface area contributed by atoms with E-state index in [1.807, 2.05) is 0 Å². The molecule has 4 nitrogen and oxygen atoms in total. The van der Waals surface area contributed by atoms with Gasteiger partial charge in [-0.15, -0.1) is 0 Å². The van der Waals surface area contributed by atoms with Crippen LogP contribution in [-0.4, -0.2) is 34.5 Å². The number of carbonyl (C=O) groups is 1. The van der Waals surface area contributed by atoms with Crippen molar-refractivity contribution in [2.75, 3.05) is 6.61 Å². The maximum Gasteiger partial charge on any atom is 0.307 e. The zero-order valence-electron chi connectivity index (χ0n) is 10.4. The number of hydrogen-bond donors (Lipinski definition) is 2. The molecule has 0 unspecified atom stereocenters. The van der Waals surface area contributed by atoms with Crippen LogP contribution in [0.25, 0.3) is 0 Å². The molecule has 0 saturated carbocycles. The average Bonchev–Trinajstić information content (AvgIpc) is 2.32. The Hall–Kier alpha value is -0.320. The van der Waals surface area contributed by atoms with E-state index < -0.39 is 24.2 Å². The Morgan fingerprint density at radius 1 is 1.24 bits per heavy atom. The van der Waals surface area contributed by atoms with Gasteiger partial charge in [-0.3, -0.25) is 4.79 Å². The van der Waals surface area contributed by atoms with Gasteiger partial charge in [-0.25, -0.2) is 0 Å². The smallest absolute Gasteiger partial charge is 0.307 e. The molecule has 2 N–H and O–H groups in total. The maximum absolute atomic E-state index is 11.3. The van der Waals surface area contributed by atoms with Gasteiger partial charge in [0, 0.05) is 6.42 Å². The minimum atomic E-state index is -1.22. The van der Waals surface area contributed by atoms with Crippen molar-refractivity contribution in [3.63, 3.8) is 0 Å².